The van der Waals surface area contributed by atoms with Gasteiger partial charge in [0.15, 0.2) is 0 Å². The molecule has 1 aromatic heterocycles. The molecule has 0 saturated carbocycles. The topological polar surface area (TPSA) is 72.3 Å². The average molecular weight is 265 g/mol. The fourth-order valence-electron chi connectivity index (χ4n) is 1.32. The molecule has 0 radical (unpaired) electrons. The lowest BCUT2D eigenvalue weighted by Gasteiger charge is -2.06. The molecule has 2 rings (SSSR count). The van der Waals surface area contributed by atoms with Gasteiger partial charge in [0, 0.05) is 6.07 Å². The summed E-state index contributed by atoms with van der Waals surface area (Å²) >= 11 is 5.94. The number of ether oxygens (including phenoxy) is 1. The van der Waals surface area contributed by atoms with Crippen molar-refractivity contribution in [2.24, 2.45) is 0 Å². The summed E-state index contributed by atoms with van der Waals surface area (Å²) in [6, 6.07) is 8.42. The molecule has 0 bridgehead atoms. The number of hydrogen-bond donors (Lipinski definition) is 1. The van der Waals surface area contributed by atoms with Crippen LogP contribution >= 0.6 is 11.6 Å². The maximum atomic E-state index is 10.6. The van der Waals surface area contributed by atoms with Crippen LogP contribution in [0.15, 0.2) is 36.7 Å². The molecule has 0 amide bonds. The fraction of sp³-hybridized carbons (Fsp3) is 0.0833. The maximum Gasteiger partial charge on any atom is 0.309 e. The number of carboxylic acids is 1. The second-order valence-corrected chi connectivity index (χ2v) is 3.86. The molecule has 0 unspecified atom stereocenters. The standard InChI is InChI=1S/C12H9ClN2O3/c13-9-3-1-2-4-10(9)18-11-5-8(6-12(16)17)14-7-15-11/h1-5,7H,6H2,(H,16,17). The Kier molecular flexibility index (Phi) is 3.74. The largest absolute Gasteiger partial charge is 0.481 e. The Hall–Kier alpha value is -2.14. The Balaban J connectivity index is 2.19. The van der Waals surface area contributed by atoms with Crippen LogP contribution in [0.1, 0.15) is 5.69 Å². The SMILES string of the molecule is O=C(O)Cc1cc(Oc2ccccc2Cl)ncn1. The first-order valence-electron chi connectivity index (χ1n) is 5.10. The van der Waals surface area contributed by atoms with Crippen molar-refractivity contribution in [3.05, 3.63) is 47.4 Å². The van der Waals surface area contributed by atoms with E-state index in [0.717, 1.165) is 0 Å². The molecule has 6 heteroatoms. The van der Waals surface area contributed by atoms with Gasteiger partial charge in [-0.05, 0) is 12.1 Å². The number of carbonyl (C=O) groups is 1. The van der Waals surface area contributed by atoms with Crippen LogP contribution in [-0.2, 0) is 11.2 Å². The number of halogens is 1. The number of hydrogen-bond acceptors (Lipinski definition) is 4. The van der Waals surface area contributed by atoms with Gasteiger partial charge in [-0.15, -0.1) is 0 Å². The molecule has 0 spiro atoms. The third-order valence-electron chi connectivity index (χ3n) is 2.08. The third-order valence-corrected chi connectivity index (χ3v) is 2.39. The number of nitrogens with zero attached hydrogens (tertiary/aromatic N) is 2. The first-order chi connectivity index (χ1) is 8.65. The molecular weight excluding hydrogens is 256 g/mol. The molecule has 0 atom stereocenters. The van der Waals surface area contributed by atoms with Gasteiger partial charge in [0.05, 0.1) is 17.1 Å². The van der Waals surface area contributed by atoms with Crippen molar-refractivity contribution in [2.45, 2.75) is 6.42 Å². The number of aliphatic carboxylic acids is 1. The first kappa shape index (κ1) is 12.3. The van der Waals surface area contributed by atoms with Crippen LogP contribution in [0.3, 0.4) is 0 Å². The van der Waals surface area contributed by atoms with Gasteiger partial charge < -0.3 is 9.84 Å². The molecular formula is C12H9ClN2O3. The second kappa shape index (κ2) is 5.46. The van der Waals surface area contributed by atoms with E-state index < -0.39 is 5.97 Å². The molecule has 92 valence electrons. The van der Waals surface area contributed by atoms with E-state index in [2.05, 4.69) is 9.97 Å². The van der Waals surface area contributed by atoms with Crippen molar-refractivity contribution in [1.29, 1.82) is 0 Å². The summed E-state index contributed by atoms with van der Waals surface area (Å²) in [5, 5.41) is 9.12. The van der Waals surface area contributed by atoms with E-state index in [1.54, 1.807) is 24.3 Å². The van der Waals surface area contributed by atoms with Gasteiger partial charge >= 0.3 is 5.97 Å². The number of para-hydroxylation sites is 1. The molecule has 1 N–H and O–H groups in total. The second-order valence-electron chi connectivity index (χ2n) is 3.45. The highest BCUT2D eigenvalue weighted by molar-refractivity contribution is 6.32. The fourth-order valence-corrected chi connectivity index (χ4v) is 1.50. The van der Waals surface area contributed by atoms with E-state index in [1.165, 1.54) is 12.4 Å². The van der Waals surface area contributed by atoms with Gasteiger partial charge in [-0.1, -0.05) is 23.7 Å². The van der Waals surface area contributed by atoms with Gasteiger partial charge in [0.25, 0.3) is 0 Å². The molecule has 0 fully saturated rings. The molecule has 0 aliphatic rings. The summed E-state index contributed by atoms with van der Waals surface area (Å²) in [7, 11) is 0. The summed E-state index contributed by atoms with van der Waals surface area (Å²) in [4.78, 5) is 18.3. The van der Waals surface area contributed by atoms with E-state index in [1.807, 2.05) is 0 Å². The van der Waals surface area contributed by atoms with Gasteiger partial charge in [-0.3, -0.25) is 4.79 Å². The minimum absolute atomic E-state index is 0.179. The molecule has 1 heterocycles. The minimum Gasteiger partial charge on any atom is -0.481 e. The van der Waals surface area contributed by atoms with Crippen LogP contribution in [-0.4, -0.2) is 21.0 Å². The van der Waals surface area contributed by atoms with Crippen molar-refractivity contribution < 1.29 is 14.6 Å². The van der Waals surface area contributed by atoms with Crippen LogP contribution in [0.4, 0.5) is 0 Å². The van der Waals surface area contributed by atoms with Crippen LogP contribution in [0, 0.1) is 0 Å². The average Bonchev–Trinajstić information content (AvgIpc) is 2.32. The Bertz CT molecular complexity index is 575. The molecule has 18 heavy (non-hydrogen) atoms. The van der Waals surface area contributed by atoms with E-state index in [4.69, 9.17) is 21.4 Å². The third kappa shape index (κ3) is 3.18. The van der Waals surface area contributed by atoms with E-state index in [0.29, 0.717) is 16.5 Å². The van der Waals surface area contributed by atoms with E-state index >= 15 is 0 Å². The van der Waals surface area contributed by atoms with Gasteiger partial charge in [-0.2, -0.15) is 0 Å². The Morgan fingerprint density at radius 3 is 2.83 bits per heavy atom. The summed E-state index contributed by atoms with van der Waals surface area (Å²) in [6.07, 6.45) is 1.08. The summed E-state index contributed by atoms with van der Waals surface area (Å²) in [6.45, 7) is 0. The molecule has 1 aromatic carbocycles. The zero-order valence-electron chi connectivity index (χ0n) is 9.21. The molecule has 0 aliphatic heterocycles. The Morgan fingerprint density at radius 1 is 1.33 bits per heavy atom. The normalized spacial score (nSPS) is 10.1. The van der Waals surface area contributed by atoms with Crippen LogP contribution in [0.5, 0.6) is 11.6 Å². The van der Waals surface area contributed by atoms with Crippen molar-refractivity contribution >= 4 is 17.6 Å². The zero-order valence-corrected chi connectivity index (χ0v) is 9.96. The van der Waals surface area contributed by atoms with Gasteiger partial charge in [0.2, 0.25) is 5.88 Å². The number of carboxylic acid groups (broad SMARTS) is 1. The highest BCUT2D eigenvalue weighted by Crippen LogP contribution is 2.27. The lowest BCUT2D eigenvalue weighted by molar-refractivity contribution is -0.136. The molecule has 0 saturated heterocycles. The molecule has 0 aliphatic carbocycles. The summed E-state index contributed by atoms with van der Waals surface area (Å²) in [5.41, 5.74) is 0.375. The first-order valence-corrected chi connectivity index (χ1v) is 5.48. The van der Waals surface area contributed by atoms with Gasteiger partial charge in [0.1, 0.15) is 12.1 Å². The summed E-state index contributed by atoms with van der Waals surface area (Å²) < 4.78 is 5.46. The van der Waals surface area contributed by atoms with Crippen molar-refractivity contribution in [1.82, 2.24) is 9.97 Å². The molecule has 5 nitrogen and oxygen atoms in total. The number of benzene rings is 1. The maximum absolute atomic E-state index is 10.6. The van der Waals surface area contributed by atoms with Crippen molar-refractivity contribution in [2.75, 3.05) is 0 Å². The van der Waals surface area contributed by atoms with Gasteiger partial charge in [-0.25, -0.2) is 9.97 Å². The lowest BCUT2D eigenvalue weighted by atomic mass is 10.3. The number of aromatic nitrogens is 2. The van der Waals surface area contributed by atoms with E-state index in [9.17, 15) is 4.79 Å². The van der Waals surface area contributed by atoms with E-state index in [-0.39, 0.29) is 12.3 Å². The predicted molar refractivity (Wildman–Crippen MR) is 64.9 cm³/mol. The molecule has 2 aromatic rings. The van der Waals surface area contributed by atoms with Crippen molar-refractivity contribution in [3.8, 4) is 11.6 Å². The van der Waals surface area contributed by atoms with Crippen LogP contribution in [0.25, 0.3) is 0 Å². The van der Waals surface area contributed by atoms with Crippen molar-refractivity contribution in [3.63, 3.8) is 0 Å². The number of rotatable bonds is 4. The Labute approximate surface area is 108 Å². The van der Waals surface area contributed by atoms with Crippen LogP contribution in [0.2, 0.25) is 5.02 Å². The highest BCUT2D eigenvalue weighted by Gasteiger charge is 2.07. The summed E-state index contributed by atoms with van der Waals surface area (Å²) in [5.74, 6) is -0.245. The highest BCUT2D eigenvalue weighted by atomic mass is 35.5. The van der Waals surface area contributed by atoms with Crippen LogP contribution < -0.4 is 4.74 Å². The quantitative estimate of drug-likeness (QED) is 0.919. The smallest absolute Gasteiger partial charge is 0.309 e. The lowest BCUT2D eigenvalue weighted by Crippen LogP contribution is -2.03. The predicted octanol–water partition coefficient (Wildman–Crippen LogP) is 2.55. The monoisotopic (exact) mass is 264 g/mol. The Morgan fingerprint density at radius 2 is 2.11 bits per heavy atom. The minimum atomic E-state index is -0.961. The zero-order chi connectivity index (χ0) is 13.0.